The number of benzene rings is 2. The molecule has 3 aromatic rings. The zero-order valence-corrected chi connectivity index (χ0v) is 24.0. The van der Waals surface area contributed by atoms with Gasteiger partial charge in [-0.1, -0.05) is 26.7 Å². The number of carbonyl (C=O) groups excluding carboxylic acids is 1. The monoisotopic (exact) mass is 609 g/mol. The molecule has 1 fully saturated rings. The first-order chi connectivity index (χ1) is 20.1. The van der Waals surface area contributed by atoms with E-state index >= 15 is 0 Å². The van der Waals surface area contributed by atoms with Gasteiger partial charge < -0.3 is 14.5 Å². The van der Waals surface area contributed by atoms with Gasteiger partial charge in [0.15, 0.2) is 5.58 Å². The molecule has 0 unspecified atom stereocenters. The molecule has 0 aliphatic heterocycles. The van der Waals surface area contributed by atoms with Gasteiger partial charge in [-0.15, -0.1) is 0 Å². The average molecular weight is 610 g/mol. The zero-order chi connectivity index (χ0) is 31.6. The fourth-order valence-electron chi connectivity index (χ4n) is 5.26. The molecule has 0 spiro atoms. The van der Waals surface area contributed by atoms with E-state index in [1.165, 1.54) is 0 Å². The number of alkyl halides is 6. The predicted molar refractivity (Wildman–Crippen MR) is 147 cm³/mol. The van der Waals surface area contributed by atoms with Crippen LogP contribution in [0.2, 0.25) is 0 Å². The molecule has 0 bridgehead atoms. The lowest BCUT2D eigenvalue weighted by Gasteiger charge is -2.35. The van der Waals surface area contributed by atoms with Crippen LogP contribution in [-0.2, 0) is 4.74 Å². The maximum atomic E-state index is 13.0. The summed E-state index contributed by atoms with van der Waals surface area (Å²) in [5, 5.41) is 12.2. The summed E-state index contributed by atoms with van der Waals surface area (Å²) >= 11 is 0. The van der Waals surface area contributed by atoms with Gasteiger partial charge in [0.05, 0.1) is 11.6 Å². The molecule has 6 nitrogen and oxygen atoms in total. The van der Waals surface area contributed by atoms with E-state index < -0.39 is 24.6 Å². The van der Waals surface area contributed by atoms with E-state index in [4.69, 9.17) is 4.42 Å². The van der Waals surface area contributed by atoms with Gasteiger partial charge in [0.25, 0.3) is 11.5 Å². The lowest BCUT2D eigenvalue weighted by atomic mass is 9.80. The number of nitrogens with zero attached hydrogens (tertiary/aromatic N) is 2. The van der Waals surface area contributed by atoms with Crippen LogP contribution in [0.15, 0.2) is 40.8 Å². The second-order valence-corrected chi connectivity index (χ2v) is 11.5. The molecule has 0 radical (unpaired) electrons. The molecular formula is C31H33F6N3O3. The van der Waals surface area contributed by atoms with E-state index in [0.717, 1.165) is 5.56 Å². The number of aromatic nitrogens is 1. The third-order valence-electron chi connectivity index (χ3n) is 8.18. The molecule has 0 atom stereocenters. The van der Waals surface area contributed by atoms with Gasteiger partial charge in [-0.2, -0.15) is 31.6 Å². The highest BCUT2D eigenvalue weighted by Crippen LogP contribution is 2.46. The Hall–Kier alpha value is -3.59. The fraction of sp³-hybridized carbons (Fsp3) is 0.516. The van der Waals surface area contributed by atoms with Crippen molar-refractivity contribution < 1.29 is 40.3 Å². The van der Waals surface area contributed by atoms with Gasteiger partial charge >= 0.3 is 12.4 Å². The van der Waals surface area contributed by atoms with Crippen molar-refractivity contribution in [3.8, 4) is 17.5 Å². The Kier molecular flexibility index (Phi) is 9.45. The molecule has 1 N–H and O–H groups in total. The first-order valence-corrected chi connectivity index (χ1v) is 14.1. The van der Waals surface area contributed by atoms with Crippen molar-refractivity contribution in [1.82, 2.24) is 10.3 Å². The smallest absolute Gasteiger partial charge is 0.426 e. The SMILES string of the molecule is CC(C)c1cc(C#N)cc2nc(-c3ccc(C(=O)NC[C@H]4CC[C@H](CCOC(C)(C(F)(F)F)C(F)(F)F)CC4)cc3)oc12. The summed E-state index contributed by atoms with van der Waals surface area (Å²) in [4.78, 5) is 17.3. The summed E-state index contributed by atoms with van der Waals surface area (Å²) in [5.41, 5.74) is -0.484. The Morgan fingerprint density at radius 1 is 1.05 bits per heavy atom. The van der Waals surface area contributed by atoms with Gasteiger partial charge in [0.1, 0.15) is 5.52 Å². The number of fused-ring (bicyclic) bond motifs is 1. The van der Waals surface area contributed by atoms with Crippen molar-refractivity contribution in [3.05, 3.63) is 53.1 Å². The molecule has 232 valence electrons. The van der Waals surface area contributed by atoms with Gasteiger partial charge in [-0.25, -0.2) is 4.98 Å². The largest absolute Gasteiger partial charge is 0.436 e. The van der Waals surface area contributed by atoms with Gasteiger partial charge in [-0.3, -0.25) is 4.79 Å². The molecule has 12 heteroatoms. The van der Waals surface area contributed by atoms with Crippen molar-refractivity contribution >= 4 is 17.0 Å². The number of halogens is 6. The second kappa shape index (κ2) is 12.6. The van der Waals surface area contributed by atoms with Crippen molar-refractivity contribution in [1.29, 1.82) is 5.26 Å². The van der Waals surface area contributed by atoms with Gasteiger partial charge in [0.2, 0.25) is 5.89 Å². The highest BCUT2D eigenvalue weighted by molar-refractivity contribution is 5.94. The van der Waals surface area contributed by atoms with Crippen LogP contribution in [-0.4, -0.2) is 42.0 Å². The van der Waals surface area contributed by atoms with E-state index in [2.05, 4.69) is 21.1 Å². The van der Waals surface area contributed by atoms with E-state index in [1.807, 2.05) is 13.8 Å². The predicted octanol–water partition coefficient (Wildman–Crippen LogP) is 8.32. The van der Waals surface area contributed by atoms with Crippen molar-refractivity contribution in [2.75, 3.05) is 13.2 Å². The maximum absolute atomic E-state index is 13.0. The molecule has 1 amide bonds. The minimum atomic E-state index is -5.56. The van der Waals surface area contributed by atoms with Gasteiger partial charge in [0, 0.05) is 29.8 Å². The van der Waals surface area contributed by atoms with Crippen LogP contribution < -0.4 is 5.32 Å². The normalized spacial score (nSPS) is 18.2. The standard InChI is InChI=1S/C31H33F6N3O3/c1-18(2)24-14-21(16-38)15-25-26(24)43-28(40-25)23-10-8-22(9-11-23)27(41)39-17-20-6-4-19(5-7-20)12-13-42-29(3,30(32,33)34)31(35,36)37/h8-11,14-15,18-20H,4-7,12-13,17H2,1-3H3,(H,39,41)/t19-,20-. The number of amides is 1. The number of rotatable bonds is 9. The second-order valence-electron chi connectivity index (χ2n) is 11.5. The molecule has 1 aliphatic carbocycles. The topological polar surface area (TPSA) is 88.2 Å². The Bertz CT molecular complexity index is 1450. The minimum Gasteiger partial charge on any atom is -0.436 e. The van der Waals surface area contributed by atoms with Crippen LogP contribution in [0, 0.1) is 23.2 Å². The molecule has 43 heavy (non-hydrogen) atoms. The highest BCUT2D eigenvalue weighted by Gasteiger charge is 2.69. The number of hydrogen-bond donors (Lipinski definition) is 1. The number of ether oxygens (including phenoxy) is 1. The summed E-state index contributed by atoms with van der Waals surface area (Å²) in [7, 11) is 0. The van der Waals surface area contributed by atoms with Crippen LogP contribution in [0.4, 0.5) is 26.3 Å². The Labute approximate surface area is 245 Å². The molecule has 4 rings (SSSR count). The van der Waals surface area contributed by atoms with Crippen molar-refractivity contribution in [2.24, 2.45) is 11.8 Å². The summed E-state index contributed by atoms with van der Waals surface area (Å²) in [6, 6.07) is 12.4. The number of carbonyl (C=O) groups is 1. The lowest BCUT2D eigenvalue weighted by molar-refractivity contribution is -0.374. The quantitative estimate of drug-likeness (QED) is 0.247. The van der Waals surface area contributed by atoms with E-state index in [0.29, 0.717) is 65.9 Å². The van der Waals surface area contributed by atoms with E-state index in [9.17, 15) is 36.4 Å². The Morgan fingerprint density at radius 2 is 1.65 bits per heavy atom. The lowest BCUT2D eigenvalue weighted by Crippen LogP contribution is -2.56. The Balaban J connectivity index is 1.26. The van der Waals surface area contributed by atoms with Crippen LogP contribution in [0.3, 0.4) is 0 Å². The van der Waals surface area contributed by atoms with Crippen molar-refractivity contribution in [2.45, 2.75) is 76.7 Å². The average Bonchev–Trinajstić information content (AvgIpc) is 3.39. The van der Waals surface area contributed by atoms with E-state index in [1.54, 1.807) is 36.4 Å². The van der Waals surface area contributed by atoms with Crippen LogP contribution in [0.1, 0.15) is 80.3 Å². The third-order valence-corrected chi connectivity index (χ3v) is 8.18. The van der Waals surface area contributed by atoms with Crippen LogP contribution >= 0.6 is 0 Å². The minimum absolute atomic E-state index is 0.0182. The molecule has 2 aromatic carbocycles. The van der Waals surface area contributed by atoms with Gasteiger partial charge in [-0.05, 0) is 80.3 Å². The number of nitrogens with one attached hydrogen (secondary N) is 1. The summed E-state index contributed by atoms with van der Waals surface area (Å²) in [6.07, 6.45) is -8.37. The fourth-order valence-corrected chi connectivity index (χ4v) is 5.26. The summed E-state index contributed by atoms with van der Waals surface area (Å²) in [6.45, 7) is 3.80. The first kappa shape index (κ1) is 32.3. The molecule has 1 aliphatic rings. The number of hydrogen-bond acceptors (Lipinski definition) is 5. The number of nitriles is 1. The third kappa shape index (κ3) is 7.15. The number of oxazole rings is 1. The Morgan fingerprint density at radius 3 is 2.21 bits per heavy atom. The summed E-state index contributed by atoms with van der Waals surface area (Å²) in [5.74, 6) is 0.357. The molecular weight excluding hydrogens is 576 g/mol. The maximum Gasteiger partial charge on any atom is 0.426 e. The zero-order valence-electron chi connectivity index (χ0n) is 24.0. The molecule has 1 aromatic heterocycles. The van der Waals surface area contributed by atoms with Crippen LogP contribution in [0.5, 0.6) is 0 Å². The molecule has 1 saturated carbocycles. The molecule has 1 heterocycles. The summed E-state index contributed by atoms with van der Waals surface area (Å²) < 4.78 is 88.3. The highest BCUT2D eigenvalue weighted by atomic mass is 19.4. The molecule has 0 saturated heterocycles. The first-order valence-electron chi connectivity index (χ1n) is 14.1. The van der Waals surface area contributed by atoms with Crippen molar-refractivity contribution in [3.63, 3.8) is 0 Å². The van der Waals surface area contributed by atoms with E-state index in [-0.39, 0.29) is 37.0 Å². The van der Waals surface area contributed by atoms with Crippen LogP contribution in [0.25, 0.3) is 22.6 Å².